The third-order valence-electron chi connectivity index (χ3n) is 4.84. The third-order valence-corrected chi connectivity index (χ3v) is 4.84. The minimum Gasteiger partial charge on any atom is -0.378 e. The smallest absolute Gasteiger partial charge is 0.244 e. The highest BCUT2D eigenvalue weighted by Gasteiger charge is 2.24. The van der Waals surface area contributed by atoms with Gasteiger partial charge >= 0.3 is 0 Å². The van der Waals surface area contributed by atoms with Crippen molar-refractivity contribution in [3.63, 3.8) is 0 Å². The summed E-state index contributed by atoms with van der Waals surface area (Å²) < 4.78 is 6.98. The highest BCUT2D eigenvalue weighted by molar-refractivity contribution is 5.76. The maximum absolute atomic E-state index is 12.4. The summed E-state index contributed by atoms with van der Waals surface area (Å²) in [5.74, 6) is 1.74. The lowest BCUT2D eigenvalue weighted by molar-refractivity contribution is -0.132. The summed E-state index contributed by atoms with van der Waals surface area (Å²) in [5, 5.41) is 3.99. The van der Waals surface area contributed by atoms with E-state index in [1.54, 1.807) is 11.0 Å². The molecule has 0 saturated carbocycles. The molecule has 10 heteroatoms. The Morgan fingerprint density at radius 3 is 2.56 bits per heavy atom. The molecule has 1 amide bonds. The molecule has 2 saturated heterocycles. The molecule has 2 aliphatic rings. The molecular weight excluding hydrogens is 348 g/mol. The number of hydrogen-bond acceptors (Lipinski definition) is 8. The molecule has 0 radical (unpaired) electrons. The first kappa shape index (κ1) is 17.7. The lowest BCUT2D eigenvalue weighted by atomic mass is 10.3. The summed E-state index contributed by atoms with van der Waals surface area (Å²) in [6.45, 7) is 8.10. The third kappa shape index (κ3) is 4.16. The zero-order valence-corrected chi connectivity index (χ0v) is 15.5. The molecule has 0 spiro atoms. The van der Waals surface area contributed by atoms with E-state index < -0.39 is 0 Å². The number of rotatable bonds is 4. The summed E-state index contributed by atoms with van der Waals surface area (Å²) in [4.78, 5) is 31.9. The fourth-order valence-electron chi connectivity index (χ4n) is 3.34. The number of piperazine rings is 1. The van der Waals surface area contributed by atoms with Gasteiger partial charge in [0.1, 0.15) is 25.0 Å². The minimum atomic E-state index is 0.0549. The van der Waals surface area contributed by atoms with E-state index in [9.17, 15) is 4.79 Å². The first-order valence-electron chi connectivity index (χ1n) is 9.22. The average molecular weight is 372 g/mol. The monoisotopic (exact) mass is 372 g/mol. The lowest BCUT2D eigenvalue weighted by Crippen LogP contribution is -2.50. The Hall–Kier alpha value is -2.75. The summed E-state index contributed by atoms with van der Waals surface area (Å²) in [6.07, 6.45) is 2.99. The first-order chi connectivity index (χ1) is 13.2. The van der Waals surface area contributed by atoms with Crippen LogP contribution >= 0.6 is 0 Å². The molecule has 4 heterocycles. The molecule has 2 fully saturated rings. The van der Waals surface area contributed by atoms with Crippen LogP contribution in [0.1, 0.15) is 5.69 Å². The number of aryl methyl sites for hydroxylation is 1. The van der Waals surface area contributed by atoms with E-state index in [0.717, 1.165) is 56.9 Å². The number of hydrogen-bond donors (Lipinski definition) is 0. The number of amides is 1. The fourth-order valence-corrected chi connectivity index (χ4v) is 3.34. The molecule has 27 heavy (non-hydrogen) atoms. The predicted molar refractivity (Wildman–Crippen MR) is 98.6 cm³/mol. The van der Waals surface area contributed by atoms with Gasteiger partial charge in [-0.15, -0.1) is 0 Å². The van der Waals surface area contributed by atoms with E-state index in [1.807, 2.05) is 17.9 Å². The van der Waals surface area contributed by atoms with Crippen LogP contribution in [0.3, 0.4) is 0 Å². The van der Waals surface area contributed by atoms with Gasteiger partial charge in [0.25, 0.3) is 0 Å². The molecule has 0 atom stereocenters. The van der Waals surface area contributed by atoms with Crippen LogP contribution in [-0.4, -0.2) is 88.0 Å². The highest BCUT2D eigenvalue weighted by Crippen LogP contribution is 2.19. The van der Waals surface area contributed by atoms with Crippen LogP contribution in [0, 0.1) is 6.92 Å². The number of anilines is 2. The van der Waals surface area contributed by atoms with E-state index >= 15 is 0 Å². The van der Waals surface area contributed by atoms with Crippen LogP contribution in [0.4, 0.5) is 11.8 Å². The van der Waals surface area contributed by atoms with Crippen LogP contribution in [0.5, 0.6) is 0 Å². The van der Waals surface area contributed by atoms with Gasteiger partial charge in [0.05, 0.1) is 13.2 Å². The Morgan fingerprint density at radius 1 is 1.07 bits per heavy atom. The van der Waals surface area contributed by atoms with Crippen molar-refractivity contribution in [2.24, 2.45) is 0 Å². The van der Waals surface area contributed by atoms with Crippen molar-refractivity contribution in [2.75, 3.05) is 62.3 Å². The number of aromatic nitrogens is 5. The summed E-state index contributed by atoms with van der Waals surface area (Å²) in [7, 11) is 0. The van der Waals surface area contributed by atoms with Gasteiger partial charge in [-0.05, 0) is 6.92 Å². The van der Waals surface area contributed by atoms with E-state index in [1.165, 1.54) is 6.33 Å². The second-order valence-electron chi connectivity index (χ2n) is 6.73. The normalized spacial score (nSPS) is 18.0. The predicted octanol–water partition coefficient (Wildman–Crippen LogP) is -0.438. The number of carbonyl (C=O) groups is 1. The molecule has 0 aliphatic carbocycles. The molecule has 2 aromatic heterocycles. The number of morpholine rings is 1. The minimum absolute atomic E-state index is 0.0549. The SMILES string of the molecule is Cc1cc(N2CCOCC2)nc(N2CCN(C(=O)Cn3cncn3)CC2)n1. The quantitative estimate of drug-likeness (QED) is 0.713. The maximum atomic E-state index is 12.4. The Kier molecular flexibility index (Phi) is 5.14. The first-order valence-corrected chi connectivity index (χ1v) is 9.22. The molecule has 0 aromatic carbocycles. The maximum Gasteiger partial charge on any atom is 0.244 e. The van der Waals surface area contributed by atoms with E-state index in [4.69, 9.17) is 9.72 Å². The van der Waals surface area contributed by atoms with Crippen LogP contribution in [0.25, 0.3) is 0 Å². The number of carbonyl (C=O) groups excluding carboxylic acids is 1. The number of nitrogens with zero attached hydrogens (tertiary/aromatic N) is 8. The molecule has 10 nitrogen and oxygen atoms in total. The molecular formula is C17H24N8O2. The zero-order chi connectivity index (χ0) is 18.6. The van der Waals surface area contributed by atoms with Gasteiger partial charge < -0.3 is 19.4 Å². The van der Waals surface area contributed by atoms with Gasteiger partial charge in [-0.25, -0.2) is 14.6 Å². The van der Waals surface area contributed by atoms with Gasteiger partial charge in [-0.1, -0.05) is 0 Å². The van der Waals surface area contributed by atoms with Crippen molar-refractivity contribution in [2.45, 2.75) is 13.5 Å². The van der Waals surface area contributed by atoms with Crippen molar-refractivity contribution in [3.8, 4) is 0 Å². The van der Waals surface area contributed by atoms with Crippen LogP contribution in [0.15, 0.2) is 18.7 Å². The molecule has 4 rings (SSSR count). The van der Waals surface area contributed by atoms with Crippen molar-refractivity contribution >= 4 is 17.7 Å². The van der Waals surface area contributed by atoms with E-state index in [2.05, 4.69) is 24.9 Å². The zero-order valence-electron chi connectivity index (χ0n) is 15.5. The summed E-state index contributed by atoms with van der Waals surface area (Å²) in [5.41, 5.74) is 0.950. The second kappa shape index (κ2) is 7.87. The Balaban J connectivity index is 1.39. The molecule has 2 aliphatic heterocycles. The van der Waals surface area contributed by atoms with Crippen molar-refractivity contribution < 1.29 is 9.53 Å². The van der Waals surface area contributed by atoms with Crippen molar-refractivity contribution in [1.29, 1.82) is 0 Å². The Labute approximate surface area is 157 Å². The van der Waals surface area contributed by atoms with Gasteiger partial charge in [-0.3, -0.25) is 4.79 Å². The lowest BCUT2D eigenvalue weighted by Gasteiger charge is -2.35. The van der Waals surface area contributed by atoms with Crippen molar-refractivity contribution in [1.82, 2.24) is 29.6 Å². The van der Waals surface area contributed by atoms with Crippen LogP contribution in [-0.2, 0) is 16.1 Å². The molecule has 0 unspecified atom stereocenters. The highest BCUT2D eigenvalue weighted by atomic mass is 16.5. The summed E-state index contributed by atoms with van der Waals surface area (Å²) in [6, 6.07) is 2.02. The standard InChI is InChI=1S/C17H24N8O2/c1-14-10-15(22-6-8-27-9-7-22)21-17(20-14)24-4-2-23(3-5-24)16(26)11-25-13-18-12-19-25/h10,12-13H,2-9,11H2,1H3. The summed E-state index contributed by atoms with van der Waals surface area (Å²) >= 11 is 0. The fraction of sp³-hybridized carbons (Fsp3) is 0.588. The van der Waals surface area contributed by atoms with E-state index in [0.29, 0.717) is 13.1 Å². The molecule has 144 valence electrons. The average Bonchev–Trinajstić information content (AvgIpc) is 3.21. The molecule has 0 bridgehead atoms. The Bertz CT molecular complexity index is 767. The van der Waals surface area contributed by atoms with E-state index in [-0.39, 0.29) is 12.5 Å². The Morgan fingerprint density at radius 2 is 1.85 bits per heavy atom. The number of ether oxygens (including phenoxy) is 1. The van der Waals surface area contributed by atoms with Crippen LogP contribution < -0.4 is 9.80 Å². The van der Waals surface area contributed by atoms with Gasteiger partial charge in [0.2, 0.25) is 11.9 Å². The second-order valence-corrected chi connectivity index (χ2v) is 6.73. The molecule has 2 aromatic rings. The van der Waals surface area contributed by atoms with Crippen molar-refractivity contribution in [3.05, 3.63) is 24.4 Å². The van der Waals surface area contributed by atoms with Gasteiger partial charge in [0.15, 0.2) is 0 Å². The van der Waals surface area contributed by atoms with Gasteiger partial charge in [-0.2, -0.15) is 10.1 Å². The topological polar surface area (TPSA) is 92.5 Å². The largest absolute Gasteiger partial charge is 0.378 e. The van der Waals surface area contributed by atoms with Gasteiger partial charge in [0, 0.05) is 51.0 Å². The molecule has 0 N–H and O–H groups in total. The van der Waals surface area contributed by atoms with Crippen LogP contribution in [0.2, 0.25) is 0 Å².